The number of nitrogens with one attached hydrogen (secondary N) is 2. The molecular formula is C21H18F3N5O3S. The number of amides is 4. The van der Waals surface area contributed by atoms with Gasteiger partial charge in [-0.1, -0.05) is 6.07 Å². The fourth-order valence-electron chi connectivity index (χ4n) is 4.27. The van der Waals surface area contributed by atoms with Crippen LogP contribution in [0.5, 0.6) is 0 Å². The van der Waals surface area contributed by atoms with Crippen LogP contribution in [0.3, 0.4) is 0 Å². The Morgan fingerprint density at radius 1 is 1.18 bits per heavy atom. The third-order valence-corrected chi connectivity index (χ3v) is 7.19. The maximum atomic E-state index is 13.1. The second kappa shape index (κ2) is 7.30. The maximum absolute atomic E-state index is 13.1. The van der Waals surface area contributed by atoms with Gasteiger partial charge in [0.25, 0.3) is 11.8 Å². The standard InChI is InChI=1S/C21H18F3N5O3S/c1-11-14-10-15(16(30)28-7-5-20(6-8-28)18(31)25-19(32)26-20)33-17(14)29(27-11)13-4-2-3-12(9-13)21(22,23)24/h2-4,9-10H,5-8H2,1H3,(H2,25,26,31,32). The lowest BCUT2D eigenvalue weighted by Gasteiger charge is -2.36. The van der Waals surface area contributed by atoms with Gasteiger partial charge in [-0.2, -0.15) is 18.3 Å². The number of hydrogen-bond donors (Lipinski definition) is 2. The van der Waals surface area contributed by atoms with Crippen molar-refractivity contribution < 1.29 is 27.6 Å². The van der Waals surface area contributed by atoms with Crippen molar-refractivity contribution >= 4 is 39.4 Å². The van der Waals surface area contributed by atoms with Crippen molar-refractivity contribution in [3.8, 4) is 5.69 Å². The summed E-state index contributed by atoms with van der Waals surface area (Å²) in [5.41, 5.74) is -0.902. The molecule has 1 spiro atoms. The third-order valence-electron chi connectivity index (χ3n) is 6.09. The van der Waals surface area contributed by atoms with Gasteiger partial charge in [0.2, 0.25) is 0 Å². The van der Waals surface area contributed by atoms with Crippen molar-refractivity contribution in [1.29, 1.82) is 0 Å². The molecule has 0 saturated carbocycles. The molecule has 12 heteroatoms. The quantitative estimate of drug-likeness (QED) is 0.554. The number of likely N-dealkylation sites (tertiary alicyclic amines) is 1. The fraction of sp³-hybridized carbons (Fsp3) is 0.333. The van der Waals surface area contributed by atoms with E-state index in [1.165, 1.54) is 16.8 Å². The Balaban J connectivity index is 1.41. The summed E-state index contributed by atoms with van der Waals surface area (Å²) in [6.45, 7) is 2.32. The van der Waals surface area contributed by atoms with Crippen LogP contribution in [0.25, 0.3) is 15.9 Å². The van der Waals surface area contributed by atoms with Crippen LogP contribution < -0.4 is 10.6 Å². The van der Waals surface area contributed by atoms with Crippen molar-refractivity contribution in [1.82, 2.24) is 25.3 Å². The molecule has 0 radical (unpaired) electrons. The molecular weight excluding hydrogens is 459 g/mol. The molecule has 33 heavy (non-hydrogen) atoms. The Kier molecular flexibility index (Phi) is 4.74. The molecule has 1 aromatic carbocycles. The number of imide groups is 1. The number of aryl methyl sites for hydroxylation is 1. The number of benzene rings is 1. The van der Waals surface area contributed by atoms with Gasteiger partial charge < -0.3 is 10.2 Å². The zero-order chi connectivity index (χ0) is 23.5. The van der Waals surface area contributed by atoms with E-state index in [1.54, 1.807) is 17.9 Å². The maximum Gasteiger partial charge on any atom is 0.416 e. The second-order valence-electron chi connectivity index (χ2n) is 8.16. The monoisotopic (exact) mass is 477 g/mol. The number of rotatable bonds is 2. The first-order valence-electron chi connectivity index (χ1n) is 10.2. The first-order valence-corrected chi connectivity index (χ1v) is 11.0. The number of nitrogens with zero attached hydrogens (tertiary/aromatic N) is 3. The first kappa shape index (κ1) is 21.4. The van der Waals surface area contributed by atoms with E-state index in [-0.39, 0.29) is 17.5 Å². The predicted octanol–water partition coefficient (Wildman–Crippen LogP) is 3.23. The van der Waals surface area contributed by atoms with E-state index in [0.717, 1.165) is 23.5 Å². The highest BCUT2D eigenvalue weighted by molar-refractivity contribution is 7.20. The zero-order valence-electron chi connectivity index (χ0n) is 17.3. The van der Waals surface area contributed by atoms with Crippen LogP contribution in [0.1, 0.15) is 33.8 Å². The summed E-state index contributed by atoms with van der Waals surface area (Å²) in [7, 11) is 0. The van der Waals surface area contributed by atoms with Crippen molar-refractivity contribution in [2.75, 3.05) is 13.1 Å². The first-order chi connectivity index (χ1) is 15.6. The van der Waals surface area contributed by atoms with Gasteiger partial charge in [0.1, 0.15) is 10.4 Å². The van der Waals surface area contributed by atoms with E-state index in [1.807, 2.05) is 0 Å². The molecule has 0 atom stereocenters. The summed E-state index contributed by atoms with van der Waals surface area (Å²) in [6.07, 6.45) is -3.87. The summed E-state index contributed by atoms with van der Waals surface area (Å²) < 4.78 is 40.9. The van der Waals surface area contributed by atoms with Gasteiger partial charge in [0.05, 0.1) is 21.8 Å². The van der Waals surface area contributed by atoms with E-state index in [0.29, 0.717) is 46.7 Å². The Hall–Kier alpha value is -3.41. The molecule has 2 N–H and O–H groups in total. The number of halogens is 3. The average molecular weight is 477 g/mol. The summed E-state index contributed by atoms with van der Waals surface area (Å²) in [6, 6.07) is 6.05. The van der Waals surface area contributed by atoms with Gasteiger partial charge in [-0.05, 0) is 44.0 Å². The molecule has 2 saturated heterocycles. The number of carbonyl (C=O) groups is 3. The number of piperidine rings is 1. The van der Waals surface area contributed by atoms with Gasteiger partial charge in [-0.3, -0.25) is 14.9 Å². The Morgan fingerprint density at radius 2 is 1.91 bits per heavy atom. The van der Waals surface area contributed by atoms with Gasteiger partial charge in [0, 0.05) is 18.5 Å². The van der Waals surface area contributed by atoms with Crippen molar-refractivity contribution in [2.45, 2.75) is 31.5 Å². The van der Waals surface area contributed by atoms with E-state index in [4.69, 9.17) is 0 Å². The number of carbonyl (C=O) groups excluding carboxylic acids is 3. The molecule has 2 fully saturated rings. The van der Waals surface area contributed by atoms with E-state index >= 15 is 0 Å². The Labute approximate surface area is 189 Å². The van der Waals surface area contributed by atoms with Gasteiger partial charge in [-0.15, -0.1) is 11.3 Å². The summed E-state index contributed by atoms with van der Waals surface area (Å²) in [4.78, 5) is 39.4. The number of aromatic nitrogens is 2. The number of thiophene rings is 1. The molecule has 5 rings (SSSR count). The van der Waals surface area contributed by atoms with Crippen LogP contribution in [-0.4, -0.2) is 51.2 Å². The molecule has 2 aromatic heterocycles. The summed E-state index contributed by atoms with van der Waals surface area (Å²) in [5, 5.41) is 9.96. The van der Waals surface area contributed by atoms with Crippen LogP contribution in [0.2, 0.25) is 0 Å². The number of fused-ring (bicyclic) bond motifs is 1. The molecule has 3 aromatic rings. The molecule has 2 aliphatic heterocycles. The zero-order valence-corrected chi connectivity index (χ0v) is 18.1. The van der Waals surface area contributed by atoms with Crippen LogP contribution >= 0.6 is 11.3 Å². The van der Waals surface area contributed by atoms with Crippen LogP contribution in [0.4, 0.5) is 18.0 Å². The molecule has 172 valence electrons. The minimum Gasteiger partial charge on any atom is -0.338 e. The molecule has 4 heterocycles. The van der Waals surface area contributed by atoms with Crippen molar-refractivity contribution in [3.63, 3.8) is 0 Å². The minimum absolute atomic E-state index is 0.231. The fourth-order valence-corrected chi connectivity index (χ4v) is 5.42. The van der Waals surface area contributed by atoms with Gasteiger partial charge in [0.15, 0.2) is 0 Å². The van der Waals surface area contributed by atoms with Gasteiger partial charge in [-0.25, -0.2) is 9.48 Å². The SMILES string of the molecule is Cc1nn(-c2cccc(C(F)(F)F)c2)c2sc(C(=O)N3CCC4(CC3)NC(=O)NC4=O)cc12. The number of urea groups is 1. The van der Waals surface area contributed by atoms with E-state index < -0.39 is 23.3 Å². The minimum atomic E-state index is -4.48. The number of alkyl halides is 3. The highest BCUT2D eigenvalue weighted by Gasteiger charge is 2.48. The van der Waals surface area contributed by atoms with Crippen LogP contribution in [0, 0.1) is 6.92 Å². The third kappa shape index (κ3) is 3.54. The van der Waals surface area contributed by atoms with E-state index in [9.17, 15) is 27.6 Å². The lowest BCUT2D eigenvalue weighted by Crippen LogP contribution is -2.55. The second-order valence-corrected chi connectivity index (χ2v) is 9.19. The highest BCUT2D eigenvalue weighted by Crippen LogP contribution is 2.35. The Morgan fingerprint density at radius 3 is 2.55 bits per heavy atom. The van der Waals surface area contributed by atoms with Gasteiger partial charge >= 0.3 is 12.2 Å². The number of hydrogen-bond acceptors (Lipinski definition) is 5. The summed E-state index contributed by atoms with van der Waals surface area (Å²) in [5.74, 6) is -0.607. The molecule has 4 amide bonds. The Bertz CT molecular complexity index is 1300. The predicted molar refractivity (Wildman–Crippen MR) is 113 cm³/mol. The van der Waals surface area contributed by atoms with Crippen LogP contribution in [-0.2, 0) is 11.0 Å². The highest BCUT2D eigenvalue weighted by atomic mass is 32.1. The lowest BCUT2D eigenvalue weighted by molar-refractivity contribution is -0.137. The molecule has 0 aliphatic carbocycles. The van der Waals surface area contributed by atoms with Crippen molar-refractivity contribution in [2.24, 2.45) is 0 Å². The van der Waals surface area contributed by atoms with E-state index in [2.05, 4.69) is 15.7 Å². The van der Waals surface area contributed by atoms with Crippen molar-refractivity contribution in [3.05, 3.63) is 46.5 Å². The largest absolute Gasteiger partial charge is 0.416 e. The topological polar surface area (TPSA) is 96.3 Å². The molecule has 8 nitrogen and oxygen atoms in total. The average Bonchev–Trinajstić information content (AvgIpc) is 3.41. The lowest BCUT2D eigenvalue weighted by atomic mass is 9.87. The van der Waals surface area contributed by atoms with Crippen LogP contribution in [0.15, 0.2) is 30.3 Å². The molecule has 0 bridgehead atoms. The summed E-state index contributed by atoms with van der Waals surface area (Å²) >= 11 is 1.16. The smallest absolute Gasteiger partial charge is 0.338 e. The normalized spacial score (nSPS) is 18.1. The molecule has 0 unspecified atom stereocenters. The molecule has 2 aliphatic rings.